The van der Waals surface area contributed by atoms with Crippen molar-refractivity contribution in [2.75, 3.05) is 29.9 Å². The van der Waals surface area contributed by atoms with Crippen molar-refractivity contribution in [3.63, 3.8) is 0 Å². The molecule has 0 saturated heterocycles. The molecular formula is C16H14FN3. The largest absolute Gasteiger partial charge is 0.371 e. The molecule has 0 saturated carbocycles. The highest BCUT2D eigenvalue weighted by molar-refractivity contribution is 5.81. The van der Waals surface area contributed by atoms with Gasteiger partial charge >= 0.3 is 0 Å². The third-order valence-corrected chi connectivity index (χ3v) is 3.61. The summed E-state index contributed by atoms with van der Waals surface area (Å²) in [5, 5.41) is 9.22. The Labute approximate surface area is 117 Å². The maximum absolute atomic E-state index is 13.3. The summed E-state index contributed by atoms with van der Waals surface area (Å²) >= 11 is 0. The number of nitriles is 1. The van der Waals surface area contributed by atoms with Gasteiger partial charge in [0, 0.05) is 20.1 Å². The van der Waals surface area contributed by atoms with Gasteiger partial charge in [-0.25, -0.2) is 4.39 Å². The van der Waals surface area contributed by atoms with Crippen LogP contribution in [0.2, 0.25) is 0 Å². The number of halogens is 1. The Bertz CT molecular complexity index is 690. The average molecular weight is 267 g/mol. The molecule has 4 heteroatoms. The summed E-state index contributed by atoms with van der Waals surface area (Å²) in [7, 11) is 2.05. The Morgan fingerprint density at radius 3 is 2.55 bits per heavy atom. The second-order valence-corrected chi connectivity index (χ2v) is 4.84. The minimum Gasteiger partial charge on any atom is -0.371 e. The molecule has 0 N–H and O–H groups in total. The van der Waals surface area contributed by atoms with Crippen molar-refractivity contribution >= 4 is 17.1 Å². The van der Waals surface area contributed by atoms with E-state index >= 15 is 0 Å². The molecule has 1 aliphatic heterocycles. The molecule has 0 spiro atoms. The SMILES string of the molecule is CN1CCN(c2ccc(F)cc2C#N)c2ccccc21. The summed E-state index contributed by atoms with van der Waals surface area (Å²) in [4.78, 5) is 4.26. The van der Waals surface area contributed by atoms with Crippen LogP contribution in [0.15, 0.2) is 42.5 Å². The molecule has 1 aliphatic rings. The van der Waals surface area contributed by atoms with Crippen molar-refractivity contribution in [3.8, 4) is 6.07 Å². The van der Waals surface area contributed by atoms with Gasteiger partial charge in [-0.15, -0.1) is 0 Å². The van der Waals surface area contributed by atoms with Gasteiger partial charge in [-0.05, 0) is 30.3 Å². The topological polar surface area (TPSA) is 30.3 Å². The van der Waals surface area contributed by atoms with E-state index in [9.17, 15) is 9.65 Å². The van der Waals surface area contributed by atoms with E-state index in [1.54, 1.807) is 6.07 Å². The van der Waals surface area contributed by atoms with Gasteiger partial charge in [-0.1, -0.05) is 12.1 Å². The Hall–Kier alpha value is -2.54. The van der Waals surface area contributed by atoms with Crippen LogP contribution >= 0.6 is 0 Å². The van der Waals surface area contributed by atoms with E-state index in [-0.39, 0.29) is 5.82 Å². The number of para-hydroxylation sites is 2. The Balaban J connectivity index is 2.13. The fourth-order valence-corrected chi connectivity index (χ4v) is 2.59. The minimum absolute atomic E-state index is 0.365. The molecular weight excluding hydrogens is 253 g/mol. The summed E-state index contributed by atoms with van der Waals surface area (Å²) in [5.41, 5.74) is 3.29. The Morgan fingerprint density at radius 2 is 1.80 bits per heavy atom. The first-order valence-electron chi connectivity index (χ1n) is 6.48. The van der Waals surface area contributed by atoms with Crippen LogP contribution in [-0.4, -0.2) is 20.1 Å². The van der Waals surface area contributed by atoms with Crippen LogP contribution in [0, 0.1) is 17.1 Å². The van der Waals surface area contributed by atoms with Crippen LogP contribution in [0.4, 0.5) is 21.5 Å². The van der Waals surface area contributed by atoms with Crippen LogP contribution < -0.4 is 9.80 Å². The highest BCUT2D eigenvalue weighted by atomic mass is 19.1. The number of hydrogen-bond acceptors (Lipinski definition) is 3. The lowest BCUT2D eigenvalue weighted by molar-refractivity contribution is 0.627. The van der Waals surface area contributed by atoms with Crippen LogP contribution in [0.3, 0.4) is 0 Å². The van der Waals surface area contributed by atoms with Crippen molar-refractivity contribution in [2.45, 2.75) is 0 Å². The second kappa shape index (κ2) is 4.86. The molecule has 0 amide bonds. The first-order chi connectivity index (χ1) is 9.70. The first kappa shape index (κ1) is 12.5. The molecule has 0 bridgehead atoms. The standard InChI is InChI=1S/C16H14FN3/c1-19-8-9-20(16-5-3-2-4-15(16)19)14-7-6-13(17)10-12(14)11-18/h2-7,10H,8-9H2,1H3. The average Bonchev–Trinajstić information content (AvgIpc) is 2.48. The molecule has 0 radical (unpaired) electrons. The molecule has 20 heavy (non-hydrogen) atoms. The third kappa shape index (κ3) is 1.97. The van der Waals surface area contributed by atoms with Gasteiger partial charge in [-0.2, -0.15) is 5.26 Å². The Kier molecular flexibility index (Phi) is 3.03. The van der Waals surface area contributed by atoms with Crippen molar-refractivity contribution in [3.05, 3.63) is 53.8 Å². The lowest BCUT2D eigenvalue weighted by Gasteiger charge is -2.37. The quantitative estimate of drug-likeness (QED) is 0.794. The Morgan fingerprint density at radius 1 is 1.05 bits per heavy atom. The predicted molar refractivity (Wildman–Crippen MR) is 77.8 cm³/mol. The number of nitrogens with zero attached hydrogens (tertiary/aromatic N) is 3. The molecule has 0 aromatic heterocycles. The maximum Gasteiger partial charge on any atom is 0.124 e. The molecule has 1 heterocycles. The molecule has 0 fully saturated rings. The summed E-state index contributed by atoms with van der Waals surface area (Å²) in [6.45, 7) is 1.63. The third-order valence-electron chi connectivity index (χ3n) is 3.61. The number of fused-ring (bicyclic) bond motifs is 1. The molecule has 2 aromatic carbocycles. The monoisotopic (exact) mass is 267 g/mol. The van der Waals surface area contributed by atoms with Crippen LogP contribution in [0.1, 0.15) is 5.56 Å². The van der Waals surface area contributed by atoms with Gasteiger partial charge < -0.3 is 9.80 Å². The molecule has 100 valence electrons. The smallest absolute Gasteiger partial charge is 0.124 e. The van der Waals surface area contributed by atoms with Gasteiger partial charge in [-0.3, -0.25) is 0 Å². The van der Waals surface area contributed by atoms with Crippen LogP contribution in [0.5, 0.6) is 0 Å². The normalized spacial score (nSPS) is 13.8. The van der Waals surface area contributed by atoms with Crippen molar-refractivity contribution in [2.24, 2.45) is 0 Å². The lowest BCUT2D eigenvalue weighted by Crippen LogP contribution is -2.36. The lowest BCUT2D eigenvalue weighted by atomic mass is 10.1. The van der Waals surface area contributed by atoms with E-state index in [1.807, 2.05) is 25.2 Å². The van der Waals surface area contributed by atoms with E-state index in [0.29, 0.717) is 5.56 Å². The summed E-state index contributed by atoms with van der Waals surface area (Å²) < 4.78 is 13.3. The van der Waals surface area contributed by atoms with Gasteiger partial charge in [0.1, 0.15) is 11.9 Å². The maximum atomic E-state index is 13.3. The van der Waals surface area contributed by atoms with Gasteiger partial charge in [0.25, 0.3) is 0 Å². The van der Waals surface area contributed by atoms with E-state index in [2.05, 4.69) is 21.9 Å². The summed E-state index contributed by atoms with van der Waals surface area (Å²) in [6, 6.07) is 14.5. The molecule has 3 rings (SSSR count). The van der Waals surface area contributed by atoms with Crippen molar-refractivity contribution in [1.29, 1.82) is 5.26 Å². The van der Waals surface area contributed by atoms with E-state index in [4.69, 9.17) is 0 Å². The summed E-state index contributed by atoms with van der Waals surface area (Å²) in [6.07, 6.45) is 0. The number of benzene rings is 2. The van der Waals surface area contributed by atoms with Gasteiger partial charge in [0.15, 0.2) is 0 Å². The predicted octanol–water partition coefficient (Wildman–Crippen LogP) is 3.29. The highest BCUT2D eigenvalue weighted by Gasteiger charge is 2.22. The highest BCUT2D eigenvalue weighted by Crippen LogP contribution is 2.38. The van der Waals surface area contributed by atoms with Crippen LogP contribution in [0.25, 0.3) is 0 Å². The van der Waals surface area contributed by atoms with Crippen molar-refractivity contribution < 1.29 is 4.39 Å². The van der Waals surface area contributed by atoms with E-state index < -0.39 is 0 Å². The van der Waals surface area contributed by atoms with E-state index in [0.717, 1.165) is 30.2 Å². The van der Waals surface area contributed by atoms with Crippen LogP contribution in [-0.2, 0) is 0 Å². The van der Waals surface area contributed by atoms with Crippen molar-refractivity contribution in [1.82, 2.24) is 0 Å². The minimum atomic E-state index is -0.382. The first-order valence-corrected chi connectivity index (χ1v) is 6.48. The summed E-state index contributed by atoms with van der Waals surface area (Å²) in [5.74, 6) is -0.382. The zero-order chi connectivity index (χ0) is 14.1. The number of hydrogen-bond donors (Lipinski definition) is 0. The number of likely N-dealkylation sites (N-methyl/N-ethyl adjacent to an activating group) is 1. The zero-order valence-electron chi connectivity index (χ0n) is 11.2. The molecule has 0 atom stereocenters. The second-order valence-electron chi connectivity index (χ2n) is 4.84. The van der Waals surface area contributed by atoms with Gasteiger partial charge in [0.2, 0.25) is 0 Å². The number of rotatable bonds is 1. The fraction of sp³-hybridized carbons (Fsp3) is 0.188. The fourth-order valence-electron chi connectivity index (χ4n) is 2.59. The molecule has 2 aromatic rings. The molecule has 0 unspecified atom stereocenters. The van der Waals surface area contributed by atoms with E-state index in [1.165, 1.54) is 12.1 Å². The molecule has 3 nitrogen and oxygen atoms in total. The van der Waals surface area contributed by atoms with Gasteiger partial charge in [0.05, 0.1) is 22.6 Å². The number of anilines is 3. The molecule has 0 aliphatic carbocycles. The zero-order valence-corrected chi connectivity index (χ0v) is 11.2.